The Morgan fingerprint density at radius 1 is 1.08 bits per heavy atom. The summed E-state index contributed by atoms with van der Waals surface area (Å²) in [5, 5.41) is 3.22. The molecular formula is C17H17F4N3O. The number of nitrogens with zero attached hydrogens (tertiary/aromatic N) is 2. The second-order valence-corrected chi connectivity index (χ2v) is 5.99. The first-order chi connectivity index (χ1) is 11.9. The number of hydrogen-bond acceptors (Lipinski definition) is 4. The number of aromatic nitrogens is 2. The Morgan fingerprint density at radius 3 is 2.40 bits per heavy atom. The molecule has 134 valence electrons. The molecule has 0 saturated carbocycles. The van der Waals surface area contributed by atoms with Gasteiger partial charge in [0.25, 0.3) is 0 Å². The molecule has 1 aliphatic heterocycles. The number of nitrogens with one attached hydrogen (secondary N) is 1. The maximum absolute atomic E-state index is 12.8. The molecule has 0 bridgehead atoms. The molecule has 1 aliphatic rings. The Bertz CT molecular complexity index is 689. The van der Waals surface area contributed by atoms with Gasteiger partial charge in [-0.15, -0.1) is 0 Å². The summed E-state index contributed by atoms with van der Waals surface area (Å²) in [5.41, 5.74) is 0.199. The molecule has 1 saturated heterocycles. The van der Waals surface area contributed by atoms with Crippen LogP contribution in [0.15, 0.2) is 36.7 Å². The molecule has 1 N–H and O–H groups in total. The largest absolute Gasteiger partial charge is 0.458 e. The highest BCUT2D eigenvalue weighted by Gasteiger charge is 2.31. The van der Waals surface area contributed by atoms with E-state index in [1.54, 1.807) is 0 Å². The lowest BCUT2D eigenvalue weighted by molar-refractivity contribution is -0.137. The highest BCUT2D eigenvalue weighted by atomic mass is 19.4. The van der Waals surface area contributed by atoms with Gasteiger partial charge in [0.2, 0.25) is 0 Å². The van der Waals surface area contributed by atoms with Crippen LogP contribution in [-0.4, -0.2) is 29.2 Å². The van der Waals surface area contributed by atoms with E-state index in [1.165, 1.54) is 12.1 Å². The summed E-state index contributed by atoms with van der Waals surface area (Å²) in [5.74, 6) is -0.355. The Kier molecular flexibility index (Phi) is 5.17. The van der Waals surface area contributed by atoms with E-state index in [0.717, 1.165) is 43.1 Å². The maximum Gasteiger partial charge on any atom is 0.416 e. The van der Waals surface area contributed by atoms with Crippen LogP contribution in [0, 0.1) is 11.7 Å². The zero-order valence-electron chi connectivity index (χ0n) is 13.3. The summed E-state index contributed by atoms with van der Waals surface area (Å²) in [6.45, 7) is 1.37. The SMILES string of the molecule is Fc1cnc(O[C@@H]2CNC[C@H]2CCc2ccc(C(F)(F)F)cc2)nc1. The molecule has 25 heavy (non-hydrogen) atoms. The minimum Gasteiger partial charge on any atom is -0.458 e. The van der Waals surface area contributed by atoms with Gasteiger partial charge in [0, 0.05) is 19.0 Å². The molecule has 2 aromatic rings. The van der Waals surface area contributed by atoms with Gasteiger partial charge in [-0.3, -0.25) is 0 Å². The second-order valence-electron chi connectivity index (χ2n) is 5.99. The maximum atomic E-state index is 12.8. The zero-order chi connectivity index (χ0) is 17.9. The first kappa shape index (κ1) is 17.6. The van der Waals surface area contributed by atoms with Crippen molar-refractivity contribution < 1.29 is 22.3 Å². The van der Waals surface area contributed by atoms with Crippen molar-refractivity contribution in [2.24, 2.45) is 5.92 Å². The van der Waals surface area contributed by atoms with Gasteiger partial charge in [-0.2, -0.15) is 13.2 Å². The van der Waals surface area contributed by atoms with Crippen molar-refractivity contribution >= 4 is 0 Å². The quantitative estimate of drug-likeness (QED) is 0.837. The molecular weight excluding hydrogens is 338 g/mol. The molecule has 2 heterocycles. The van der Waals surface area contributed by atoms with Crippen LogP contribution in [0.1, 0.15) is 17.5 Å². The van der Waals surface area contributed by atoms with Crippen molar-refractivity contribution in [3.63, 3.8) is 0 Å². The van der Waals surface area contributed by atoms with E-state index >= 15 is 0 Å². The summed E-state index contributed by atoms with van der Waals surface area (Å²) >= 11 is 0. The van der Waals surface area contributed by atoms with Gasteiger partial charge in [-0.25, -0.2) is 14.4 Å². The third kappa shape index (κ3) is 4.66. The number of rotatable bonds is 5. The molecule has 0 unspecified atom stereocenters. The normalized spacial score (nSPS) is 20.6. The van der Waals surface area contributed by atoms with Crippen LogP contribution in [0.3, 0.4) is 0 Å². The Morgan fingerprint density at radius 2 is 1.76 bits per heavy atom. The van der Waals surface area contributed by atoms with Crippen molar-refractivity contribution in [3.05, 3.63) is 53.6 Å². The number of alkyl halides is 3. The van der Waals surface area contributed by atoms with Crippen molar-refractivity contribution in [1.82, 2.24) is 15.3 Å². The Labute approximate surface area is 142 Å². The third-order valence-electron chi connectivity index (χ3n) is 4.22. The lowest BCUT2D eigenvalue weighted by atomic mass is 9.96. The zero-order valence-corrected chi connectivity index (χ0v) is 13.3. The minimum absolute atomic E-state index is 0.120. The summed E-state index contributed by atoms with van der Waals surface area (Å²) in [7, 11) is 0. The standard InChI is InChI=1S/C17H17F4N3O/c18-14-8-23-16(24-9-14)25-15-10-22-7-12(15)4-1-11-2-5-13(6-3-11)17(19,20)21/h2-3,5-6,8-9,12,15,22H,1,4,7,10H2/t12-,15-/m1/s1. The number of benzene rings is 1. The van der Waals surface area contributed by atoms with E-state index in [9.17, 15) is 17.6 Å². The van der Waals surface area contributed by atoms with Crippen molar-refractivity contribution in [2.45, 2.75) is 25.1 Å². The van der Waals surface area contributed by atoms with Crippen molar-refractivity contribution in [2.75, 3.05) is 13.1 Å². The Balaban J connectivity index is 1.55. The highest BCUT2D eigenvalue weighted by molar-refractivity contribution is 5.24. The van der Waals surface area contributed by atoms with Crippen LogP contribution in [0.4, 0.5) is 17.6 Å². The average Bonchev–Trinajstić information content (AvgIpc) is 3.02. The van der Waals surface area contributed by atoms with Crippen LogP contribution >= 0.6 is 0 Å². The van der Waals surface area contributed by atoms with Crippen LogP contribution in [0.2, 0.25) is 0 Å². The summed E-state index contributed by atoms with van der Waals surface area (Å²) in [6.07, 6.45) is -0.982. The highest BCUT2D eigenvalue weighted by Crippen LogP contribution is 2.29. The molecule has 1 aromatic carbocycles. The predicted octanol–water partition coefficient (Wildman–Crippen LogP) is 3.23. The van der Waals surface area contributed by atoms with Gasteiger partial charge in [-0.05, 0) is 30.5 Å². The lowest BCUT2D eigenvalue weighted by Gasteiger charge is -2.19. The molecule has 4 nitrogen and oxygen atoms in total. The number of aryl methyl sites for hydroxylation is 1. The van der Waals surface area contributed by atoms with E-state index < -0.39 is 17.6 Å². The van der Waals surface area contributed by atoms with Crippen LogP contribution in [0.25, 0.3) is 0 Å². The molecule has 0 amide bonds. The molecule has 0 aliphatic carbocycles. The number of ether oxygens (including phenoxy) is 1. The topological polar surface area (TPSA) is 47.0 Å². The predicted molar refractivity (Wildman–Crippen MR) is 82.5 cm³/mol. The first-order valence-electron chi connectivity index (χ1n) is 7.93. The smallest absolute Gasteiger partial charge is 0.416 e. The van der Waals surface area contributed by atoms with Gasteiger partial charge in [0.1, 0.15) is 6.10 Å². The van der Waals surface area contributed by atoms with Crippen molar-refractivity contribution in [3.8, 4) is 6.01 Å². The van der Waals surface area contributed by atoms with Gasteiger partial charge >= 0.3 is 12.2 Å². The van der Waals surface area contributed by atoms with E-state index in [2.05, 4.69) is 15.3 Å². The monoisotopic (exact) mass is 355 g/mol. The van der Waals surface area contributed by atoms with Gasteiger partial charge in [-0.1, -0.05) is 12.1 Å². The van der Waals surface area contributed by atoms with Crippen molar-refractivity contribution in [1.29, 1.82) is 0 Å². The van der Waals surface area contributed by atoms with Crippen LogP contribution in [-0.2, 0) is 12.6 Å². The number of halogens is 4. The fourth-order valence-electron chi connectivity index (χ4n) is 2.84. The molecule has 0 radical (unpaired) electrons. The first-order valence-corrected chi connectivity index (χ1v) is 7.93. The fraction of sp³-hybridized carbons (Fsp3) is 0.412. The molecule has 8 heteroatoms. The van der Waals surface area contributed by atoms with Gasteiger partial charge in [0.15, 0.2) is 5.82 Å². The van der Waals surface area contributed by atoms with E-state index in [4.69, 9.17) is 4.74 Å². The van der Waals surface area contributed by atoms with Crippen LogP contribution < -0.4 is 10.1 Å². The van der Waals surface area contributed by atoms with Gasteiger partial charge < -0.3 is 10.1 Å². The summed E-state index contributed by atoms with van der Waals surface area (Å²) in [6, 6.07) is 5.33. The second kappa shape index (κ2) is 7.35. The molecule has 0 spiro atoms. The van der Waals surface area contributed by atoms with Crippen LogP contribution in [0.5, 0.6) is 6.01 Å². The average molecular weight is 355 g/mol. The molecule has 3 rings (SSSR count). The third-order valence-corrected chi connectivity index (χ3v) is 4.22. The van der Waals surface area contributed by atoms with E-state index in [0.29, 0.717) is 13.0 Å². The summed E-state index contributed by atoms with van der Waals surface area (Å²) in [4.78, 5) is 7.57. The Hall–Kier alpha value is -2.22. The molecule has 2 atom stereocenters. The van der Waals surface area contributed by atoms with E-state index in [1.807, 2.05) is 0 Å². The minimum atomic E-state index is -4.32. The molecule has 1 fully saturated rings. The van der Waals surface area contributed by atoms with E-state index in [-0.39, 0.29) is 18.0 Å². The molecule has 1 aromatic heterocycles. The fourth-order valence-corrected chi connectivity index (χ4v) is 2.84. The van der Waals surface area contributed by atoms with Gasteiger partial charge in [0.05, 0.1) is 18.0 Å². The summed E-state index contributed by atoms with van der Waals surface area (Å²) < 4.78 is 56.2. The number of hydrogen-bond donors (Lipinski definition) is 1. The lowest BCUT2D eigenvalue weighted by Crippen LogP contribution is -2.27.